The average molecular weight is 376 g/mol. The van der Waals surface area contributed by atoms with Crippen LogP contribution in [0.25, 0.3) is 0 Å². The maximum Gasteiger partial charge on any atom is 0.412 e. The molecule has 0 radical (unpaired) electrons. The molecule has 5 nitrogen and oxygen atoms in total. The van der Waals surface area contributed by atoms with Gasteiger partial charge in [-0.05, 0) is 38.0 Å². The molecule has 1 N–H and O–H groups in total. The smallest absolute Gasteiger partial charge is 0.409 e. The molecular weight excluding hydrogens is 354 g/mol. The summed E-state index contributed by atoms with van der Waals surface area (Å²) in [6.45, 7) is 4.20. The van der Waals surface area contributed by atoms with Gasteiger partial charge in [0.2, 0.25) is 0 Å². The summed E-state index contributed by atoms with van der Waals surface area (Å²) in [6, 6.07) is 16.3. The van der Waals surface area contributed by atoms with Crippen molar-refractivity contribution in [3.8, 4) is 5.75 Å². The van der Waals surface area contributed by atoms with Gasteiger partial charge in [0.05, 0.1) is 17.7 Å². The van der Waals surface area contributed by atoms with Crippen LogP contribution in [0.4, 0.5) is 4.79 Å². The minimum absolute atomic E-state index is 0.297. The van der Waals surface area contributed by atoms with Crippen molar-refractivity contribution in [2.75, 3.05) is 6.61 Å². The molecule has 26 heavy (non-hydrogen) atoms. The van der Waals surface area contributed by atoms with Gasteiger partial charge in [0, 0.05) is 0 Å². The number of hydrogen-bond acceptors (Lipinski definition) is 4. The Morgan fingerprint density at radius 2 is 1.85 bits per heavy atom. The van der Waals surface area contributed by atoms with E-state index in [1.165, 1.54) is 0 Å². The Morgan fingerprint density at radius 3 is 2.58 bits per heavy atom. The van der Waals surface area contributed by atoms with Gasteiger partial charge in [-0.15, -0.1) is 0 Å². The maximum absolute atomic E-state index is 12.4. The van der Waals surface area contributed by atoms with Gasteiger partial charge in [0.25, 0.3) is 0 Å². The van der Waals surface area contributed by atoms with Crippen molar-refractivity contribution >= 4 is 17.7 Å². The van der Waals surface area contributed by atoms with Gasteiger partial charge in [0.1, 0.15) is 6.10 Å². The van der Waals surface area contributed by atoms with Crippen LogP contribution < -0.4 is 10.1 Å². The summed E-state index contributed by atoms with van der Waals surface area (Å²) < 4.78 is 17.3. The fraction of sp³-hybridized carbons (Fsp3) is 0.350. The molecule has 1 heterocycles. The summed E-state index contributed by atoms with van der Waals surface area (Å²) in [7, 11) is 0. The van der Waals surface area contributed by atoms with Crippen LogP contribution in [0.5, 0.6) is 5.75 Å². The number of rotatable bonds is 3. The minimum atomic E-state index is -0.746. The molecule has 1 fully saturated rings. The summed E-state index contributed by atoms with van der Waals surface area (Å²) in [5.74, 6) is -0.433. The number of carbonyl (C=O) groups excluding carboxylic acids is 1. The topological polar surface area (TPSA) is 56.8 Å². The lowest BCUT2D eigenvalue weighted by atomic mass is 10.00. The molecule has 3 rings (SSSR count). The molecule has 6 heteroatoms. The first-order chi connectivity index (χ1) is 12.4. The molecule has 2 aromatic rings. The summed E-state index contributed by atoms with van der Waals surface area (Å²) in [6.07, 6.45) is -0.333. The van der Waals surface area contributed by atoms with Gasteiger partial charge in [-0.25, -0.2) is 4.79 Å². The van der Waals surface area contributed by atoms with Crippen molar-refractivity contribution in [3.63, 3.8) is 0 Å². The van der Waals surface area contributed by atoms with E-state index >= 15 is 0 Å². The molecule has 0 aromatic heterocycles. The van der Waals surface area contributed by atoms with Crippen molar-refractivity contribution in [2.24, 2.45) is 0 Å². The highest BCUT2D eigenvalue weighted by Gasteiger charge is 2.35. The molecule has 0 bridgehead atoms. The van der Waals surface area contributed by atoms with Crippen LogP contribution >= 0.6 is 11.6 Å². The van der Waals surface area contributed by atoms with Gasteiger partial charge in [0.15, 0.2) is 11.5 Å². The maximum atomic E-state index is 12.4. The third kappa shape index (κ3) is 4.75. The number of ether oxygens (including phenoxy) is 3. The Morgan fingerprint density at radius 1 is 1.15 bits per heavy atom. The zero-order valence-electron chi connectivity index (χ0n) is 14.8. The second-order valence-electron chi connectivity index (χ2n) is 6.56. The molecule has 0 spiro atoms. The SMILES string of the molecule is CC1(C)OCCC(NC(=O)Oc2ccccc2Cl)C(c2ccccc2)O1. The van der Waals surface area contributed by atoms with Crippen LogP contribution in [-0.4, -0.2) is 24.5 Å². The molecule has 1 aliphatic rings. The highest BCUT2D eigenvalue weighted by atomic mass is 35.5. The highest BCUT2D eigenvalue weighted by molar-refractivity contribution is 6.32. The second kappa shape index (κ2) is 8.08. The Bertz CT molecular complexity index is 750. The number of halogens is 1. The van der Waals surface area contributed by atoms with E-state index in [-0.39, 0.29) is 12.1 Å². The van der Waals surface area contributed by atoms with Crippen LogP contribution in [0.1, 0.15) is 31.9 Å². The van der Waals surface area contributed by atoms with Gasteiger partial charge >= 0.3 is 6.09 Å². The van der Waals surface area contributed by atoms with Crippen LogP contribution in [0.15, 0.2) is 54.6 Å². The van der Waals surface area contributed by atoms with Crippen molar-refractivity contribution in [1.29, 1.82) is 0 Å². The number of amides is 1. The summed E-state index contributed by atoms with van der Waals surface area (Å²) in [4.78, 5) is 12.4. The average Bonchev–Trinajstić information content (AvgIpc) is 2.76. The Kier molecular flexibility index (Phi) is 5.81. The van der Waals surface area contributed by atoms with E-state index in [9.17, 15) is 4.79 Å². The second-order valence-corrected chi connectivity index (χ2v) is 6.96. The normalized spacial score (nSPS) is 22.3. The first kappa shape index (κ1) is 18.7. The number of hydrogen-bond donors (Lipinski definition) is 1. The van der Waals surface area contributed by atoms with E-state index in [0.717, 1.165) is 5.56 Å². The van der Waals surface area contributed by atoms with Gasteiger partial charge in [-0.2, -0.15) is 0 Å². The Labute approximate surface area is 158 Å². The lowest BCUT2D eigenvalue weighted by molar-refractivity contribution is -0.226. The first-order valence-corrected chi connectivity index (χ1v) is 8.92. The predicted octanol–water partition coefficient (Wildman–Crippen LogP) is 4.71. The van der Waals surface area contributed by atoms with E-state index < -0.39 is 11.9 Å². The third-order valence-corrected chi connectivity index (χ3v) is 4.44. The number of para-hydroxylation sites is 1. The zero-order chi connectivity index (χ0) is 18.6. The van der Waals surface area contributed by atoms with Crippen LogP contribution in [0.3, 0.4) is 0 Å². The first-order valence-electron chi connectivity index (χ1n) is 8.54. The number of nitrogens with one attached hydrogen (secondary N) is 1. The fourth-order valence-corrected chi connectivity index (χ4v) is 3.08. The van der Waals surface area contributed by atoms with Gasteiger partial charge in [-0.3, -0.25) is 0 Å². The van der Waals surface area contributed by atoms with Crippen LogP contribution in [-0.2, 0) is 9.47 Å². The largest absolute Gasteiger partial charge is 0.412 e. The minimum Gasteiger partial charge on any atom is -0.409 e. The molecule has 138 valence electrons. The summed E-state index contributed by atoms with van der Waals surface area (Å²) >= 11 is 6.05. The lowest BCUT2D eigenvalue weighted by Gasteiger charge is -2.31. The summed E-state index contributed by atoms with van der Waals surface area (Å²) in [5, 5.41) is 3.27. The van der Waals surface area contributed by atoms with Crippen LogP contribution in [0.2, 0.25) is 5.02 Å². The molecule has 2 aromatic carbocycles. The third-order valence-electron chi connectivity index (χ3n) is 4.13. The molecule has 2 unspecified atom stereocenters. The highest BCUT2D eigenvalue weighted by Crippen LogP contribution is 2.32. The number of benzene rings is 2. The molecule has 1 saturated heterocycles. The van der Waals surface area contributed by atoms with Gasteiger partial charge in [-0.1, -0.05) is 54.1 Å². The molecule has 2 atom stereocenters. The van der Waals surface area contributed by atoms with Crippen molar-refractivity contribution in [1.82, 2.24) is 5.32 Å². The quantitative estimate of drug-likeness (QED) is 0.843. The monoisotopic (exact) mass is 375 g/mol. The van der Waals surface area contributed by atoms with E-state index in [1.807, 2.05) is 44.2 Å². The van der Waals surface area contributed by atoms with E-state index in [2.05, 4.69) is 5.32 Å². The molecule has 1 aliphatic heterocycles. The van der Waals surface area contributed by atoms with Gasteiger partial charge < -0.3 is 19.5 Å². The molecule has 0 aliphatic carbocycles. The van der Waals surface area contributed by atoms with Crippen molar-refractivity contribution in [3.05, 3.63) is 65.2 Å². The van der Waals surface area contributed by atoms with Crippen LogP contribution in [0, 0.1) is 0 Å². The standard InChI is InChI=1S/C20H22ClNO4/c1-20(2)24-13-12-16(18(26-20)14-8-4-3-5-9-14)22-19(23)25-17-11-7-6-10-15(17)21/h3-11,16,18H,12-13H2,1-2H3,(H,22,23). The zero-order valence-corrected chi connectivity index (χ0v) is 15.5. The fourth-order valence-electron chi connectivity index (χ4n) is 2.90. The Hall–Kier alpha value is -2.08. The van der Waals surface area contributed by atoms with E-state index in [1.54, 1.807) is 24.3 Å². The molecular formula is C20H22ClNO4. The molecule has 1 amide bonds. The van der Waals surface area contributed by atoms with Crippen molar-refractivity contribution < 1.29 is 19.0 Å². The van der Waals surface area contributed by atoms with Crippen molar-refractivity contribution in [2.45, 2.75) is 38.2 Å². The number of carbonyl (C=O) groups is 1. The van der Waals surface area contributed by atoms with E-state index in [4.69, 9.17) is 25.8 Å². The summed E-state index contributed by atoms with van der Waals surface area (Å²) in [5.41, 5.74) is 0.967. The van der Waals surface area contributed by atoms with E-state index in [0.29, 0.717) is 23.8 Å². The Balaban J connectivity index is 1.77. The predicted molar refractivity (Wildman–Crippen MR) is 99.3 cm³/mol. The lowest BCUT2D eigenvalue weighted by Crippen LogP contribution is -2.42. The molecule has 0 saturated carbocycles.